The number of hydrogen-bond donors (Lipinski definition) is 1. The van der Waals surface area contributed by atoms with E-state index in [1.54, 1.807) is 7.05 Å². The van der Waals surface area contributed by atoms with Crippen molar-refractivity contribution >= 4 is 45.9 Å². The molecule has 1 N–H and O–H groups in total. The van der Waals surface area contributed by atoms with Gasteiger partial charge in [-0.05, 0) is 35.9 Å². The molecule has 126 valence electrons. The van der Waals surface area contributed by atoms with Gasteiger partial charge >= 0.3 is 0 Å². The van der Waals surface area contributed by atoms with Gasteiger partial charge in [-0.3, -0.25) is 4.99 Å². The molecule has 2 aromatic rings. The van der Waals surface area contributed by atoms with Crippen LogP contribution < -0.4 is 5.32 Å². The van der Waals surface area contributed by atoms with E-state index in [-0.39, 0.29) is 29.8 Å². The van der Waals surface area contributed by atoms with Crippen LogP contribution in [-0.2, 0) is 20.1 Å². The van der Waals surface area contributed by atoms with Gasteiger partial charge in [-0.2, -0.15) is 0 Å². The van der Waals surface area contributed by atoms with Crippen LogP contribution in [0, 0.1) is 5.82 Å². The molecule has 23 heavy (non-hydrogen) atoms. The first-order valence-corrected chi connectivity index (χ1v) is 7.76. The molecule has 0 bridgehead atoms. The minimum atomic E-state index is -0.252. The Morgan fingerprint density at radius 2 is 2.13 bits per heavy atom. The van der Waals surface area contributed by atoms with Crippen LogP contribution in [0.15, 0.2) is 46.0 Å². The number of halogens is 3. The number of rotatable bonds is 4. The van der Waals surface area contributed by atoms with Crippen molar-refractivity contribution in [1.82, 2.24) is 14.8 Å². The summed E-state index contributed by atoms with van der Waals surface area (Å²) in [6.07, 6.45) is 2.02. The number of nitrogens with zero attached hydrogens (tertiary/aromatic N) is 3. The highest BCUT2D eigenvalue weighted by Gasteiger charge is 2.08. The molecule has 2 rings (SSSR count). The molecule has 0 aliphatic carbocycles. The van der Waals surface area contributed by atoms with E-state index in [1.165, 1.54) is 17.8 Å². The molecule has 1 aromatic heterocycles. The van der Waals surface area contributed by atoms with Gasteiger partial charge in [0.15, 0.2) is 5.96 Å². The van der Waals surface area contributed by atoms with E-state index in [2.05, 4.69) is 36.9 Å². The van der Waals surface area contributed by atoms with Crippen molar-refractivity contribution in [3.63, 3.8) is 0 Å². The Hall–Kier alpha value is -1.09. The molecule has 0 amide bonds. The SMILES string of the molecule is CN=C(NCc1cc(F)cc(Br)c1)N(C)Cc1cccn1C.I. The molecule has 0 radical (unpaired) electrons. The number of hydrogen-bond acceptors (Lipinski definition) is 1. The van der Waals surface area contributed by atoms with E-state index in [9.17, 15) is 4.39 Å². The molecule has 7 heteroatoms. The molecule has 0 spiro atoms. The van der Waals surface area contributed by atoms with E-state index in [1.807, 2.05) is 37.3 Å². The average molecular weight is 495 g/mol. The summed E-state index contributed by atoms with van der Waals surface area (Å²) in [4.78, 5) is 6.31. The van der Waals surface area contributed by atoms with Crippen molar-refractivity contribution in [1.29, 1.82) is 0 Å². The molecular weight excluding hydrogens is 474 g/mol. The molecule has 0 atom stereocenters. The van der Waals surface area contributed by atoms with Gasteiger partial charge < -0.3 is 14.8 Å². The van der Waals surface area contributed by atoms with Crippen molar-refractivity contribution in [3.8, 4) is 0 Å². The molecule has 0 aliphatic heterocycles. The normalized spacial score (nSPS) is 11.1. The van der Waals surface area contributed by atoms with Gasteiger partial charge in [0.2, 0.25) is 0 Å². The largest absolute Gasteiger partial charge is 0.353 e. The fourth-order valence-electron chi connectivity index (χ4n) is 2.26. The Kier molecular flexibility index (Phi) is 8.04. The van der Waals surface area contributed by atoms with Crippen LogP contribution in [0.25, 0.3) is 0 Å². The molecular formula is C16H21BrFIN4. The average Bonchev–Trinajstić information content (AvgIpc) is 2.84. The van der Waals surface area contributed by atoms with Crippen LogP contribution in [0.4, 0.5) is 4.39 Å². The number of nitrogens with one attached hydrogen (secondary N) is 1. The quantitative estimate of drug-likeness (QED) is 0.399. The first-order valence-electron chi connectivity index (χ1n) is 6.96. The second-order valence-electron chi connectivity index (χ2n) is 5.14. The molecule has 0 saturated heterocycles. The Balaban J connectivity index is 0.00000264. The number of benzene rings is 1. The van der Waals surface area contributed by atoms with Crippen LogP contribution >= 0.6 is 39.9 Å². The zero-order valence-corrected chi connectivity index (χ0v) is 17.3. The van der Waals surface area contributed by atoms with Crippen LogP contribution in [-0.4, -0.2) is 29.5 Å². The number of guanidine groups is 1. The fraction of sp³-hybridized carbons (Fsp3) is 0.312. The van der Waals surface area contributed by atoms with Gasteiger partial charge in [-0.1, -0.05) is 15.9 Å². The smallest absolute Gasteiger partial charge is 0.194 e. The lowest BCUT2D eigenvalue weighted by Crippen LogP contribution is -2.38. The van der Waals surface area contributed by atoms with E-state index >= 15 is 0 Å². The summed E-state index contributed by atoms with van der Waals surface area (Å²) in [5.74, 6) is 0.514. The van der Waals surface area contributed by atoms with E-state index in [0.717, 1.165) is 22.5 Å². The lowest BCUT2D eigenvalue weighted by Gasteiger charge is -2.22. The number of aliphatic imine (C=N–C) groups is 1. The van der Waals surface area contributed by atoms with Crippen molar-refractivity contribution in [3.05, 3.63) is 58.1 Å². The van der Waals surface area contributed by atoms with Gasteiger partial charge in [-0.25, -0.2) is 4.39 Å². The Morgan fingerprint density at radius 3 is 2.70 bits per heavy atom. The predicted molar refractivity (Wildman–Crippen MR) is 107 cm³/mol. The summed E-state index contributed by atoms with van der Waals surface area (Å²) in [5, 5.41) is 3.25. The summed E-state index contributed by atoms with van der Waals surface area (Å²) < 4.78 is 16.2. The van der Waals surface area contributed by atoms with Crippen LogP contribution in [0.1, 0.15) is 11.3 Å². The first kappa shape index (κ1) is 20.0. The van der Waals surface area contributed by atoms with E-state index in [4.69, 9.17) is 0 Å². The highest BCUT2D eigenvalue weighted by molar-refractivity contribution is 14.0. The van der Waals surface area contributed by atoms with Gasteiger partial charge in [0.25, 0.3) is 0 Å². The minimum Gasteiger partial charge on any atom is -0.353 e. The standard InChI is InChI=1S/C16H20BrFN4.HI/c1-19-16(22(3)11-15-5-4-6-21(15)2)20-10-12-7-13(17)9-14(18)8-12;/h4-9H,10-11H2,1-3H3,(H,19,20);1H. The van der Waals surface area contributed by atoms with Crippen molar-refractivity contribution in [2.45, 2.75) is 13.1 Å². The number of aromatic nitrogens is 1. The van der Waals surface area contributed by atoms with Crippen molar-refractivity contribution < 1.29 is 4.39 Å². The molecule has 0 fully saturated rings. The lowest BCUT2D eigenvalue weighted by molar-refractivity contribution is 0.461. The maximum absolute atomic E-state index is 13.4. The topological polar surface area (TPSA) is 32.6 Å². The summed E-state index contributed by atoms with van der Waals surface area (Å²) in [6, 6.07) is 8.94. The van der Waals surface area contributed by atoms with E-state index in [0.29, 0.717) is 6.54 Å². The van der Waals surface area contributed by atoms with Gasteiger partial charge in [-0.15, -0.1) is 24.0 Å². The maximum Gasteiger partial charge on any atom is 0.194 e. The third kappa shape index (κ3) is 5.80. The fourth-order valence-corrected chi connectivity index (χ4v) is 2.77. The van der Waals surface area contributed by atoms with Crippen molar-refractivity contribution in [2.75, 3.05) is 14.1 Å². The molecule has 0 aliphatic rings. The predicted octanol–water partition coefficient (Wildman–Crippen LogP) is 3.75. The van der Waals surface area contributed by atoms with Gasteiger partial charge in [0.05, 0.1) is 6.54 Å². The molecule has 0 unspecified atom stereocenters. The third-order valence-electron chi connectivity index (χ3n) is 3.40. The van der Waals surface area contributed by atoms with Crippen molar-refractivity contribution in [2.24, 2.45) is 12.0 Å². The second-order valence-corrected chi connectivity index (χ2v) is 6.06. The Morgan fingerprint density at radius 1 is 1.39 bits per heavy atom. The summed E-state index contributed by atoms with van der Waals surface area (Å²) >= 11 is 3.30. The maximum atomic E-state index is 13.4. The first-order chi connectivity index (χ1) is 10.5. The van der Waals surface area contributed by atoms with Crippen LogP contribution in [0.3, 0.4) is 0 Å². The molecule has 1 aromatic carbocycles. The summed E-state index contributed by atoms with van der Waals surface area (Å²) in [5.41, 5.74) is 2.05. The Bertz CT molecular complexity index is 652. The highest BCUT2D eigenvalue weighted by atomic mass is 127. The van der Waals surface area contributed by atoms with Crippen LogP contribution in [0.2, 0.25) is 0 Å². The molecule has 0 saturated carbocycles. The third-order valence-corrected chi connectivity index (χ3v) is 3.85. The highest BCUT2D eigenvalue weighted by Crippen LogP contribution is 2.14. The molecule has 4 nitrogen and oxygen atoms in total. The second kappa shape index (κ2) is 9.27. The molecule has 1 heterocycles. The van der Waals surface area contributed by atoms with E-state index < -0.39 is 0 Å². The number of aryl methyl sites for hydroxylation is 1. The lowest BCUT2D eigenvalue weighted by atomic mass is 10.2. The minimum absolute atomic E-state index is 0. The Labute approximate surface area is 161 Å². The zero-order valence-electron chi connectivity index (χ0n) is 13.4. The van der Waals surface area contributed by atoms with Gasteiger partial charge in [0, 0.05) is 44.1 Å². The monoisotopic (exact) mass is 494 g/mol. The zero-order chi connectivity index (χ0) is 16.1. The summed E-state index contributed by atoms with van der Waals surface area (Å²) in [6.45, 7) is 1.26. The van der Waals surface area contributed by atoms with Gasteiger partial charge in [0.1, 0.15) is 5.82 Å². The van der Waals surface area contributed by atoms with Crippen LogP contribution in [0.5, 0.6) is 0 Å². The summed E-state index contributed by atoms with van der Waals surface area (Å²) in [7, 11) is 5.73.